The summed E-state index contributed by atoms with van der Waals surface area (Å²) >= 11 is 0. The van der Waals surface area contributed by atoms with Crippen LogP contribution in [0.1, 0.15) is 32.2 Å². The second-order valence-corrected chi connectivity index (χ2v) is 5.63. The molecule has 126 valence electrons. The lowest BCUT2D eigenvalue weighted by molar-refractivity contribution is 0.0948. The average molecular weight is 334 g/mol. The lowest BCUT2D eigenvalue weighted by atomic mass is 10.2. The van der Waals surface area contributed by atoms with Crippen molar-refractivity contribution in [2.24, 2.45) is 0 Å². The van der Waals surface area contributed by atoms with E-state index in [4.69, 9.17) is 4.42 Å². The Balaban J connectivity index is 1.57. The number of anilines is 1. The van der Waals surface area contributed by atoms with E-state index in [9.17, 15) is 9.59 Å². The van der Waals surface area contributed by atoms with Crippen LogP contribution in [0.25, 0.3) is 0 Å². The second kappa shape index (κ2) is 7.49. The fraction of sp³-hybridized carbons (Fsp3) is 0.100. The molecule has 5 heteroatoms. The first-order valence-electron chi connectivity index (χ1n) is 7.92. The molecule has 2 N–H and O–H groups in total. The van der Waals surface area contributed by atoms with Gasteiger partial charge in [0.25, 0.3) is 11.8 Å². The lowest BCUT2D eigenvalue weighted by Gasteiger charge is -2.04. The Morgan fingerprint density at radius 2 is 1.60 bits per heavy atom. The predicted molar refractivity (Wildman–Crippen MR) is 95.5 cm³/mol. The van der Waals surface area contributed by atoms with Crippen molar-refractivity contribution in [2.75, 3.05) is 5.32 Å². The Kier molecular flexibility index (Phi) is 4.95. The van der Waals surface area contributed by atoms with E-state index >= 15 is 0 Å². The van der Waals surface area contributed by atoms with Crippen molar-refractivity contribution < 1.29 is 14.0 Å². The van der Waals surface area contributed by atoms with Crippen LogP contribution in [0.3, 0.4) is 0 Å². The number of benzene rings is 2. The van der Waals surface area contributed by atoms with E-state index in [2.05, 4.69) is 10.6 Å². The summed E-state index contributed by atoms with van der Waals surface area (Å²) in [7, 11) is 0. The molecule has 25 heavy (non-hydrogen) atoms. The molecule has 2 aromatic carbocycles. The molecular weight excluding hydrogens is 316 g/mol. The summed E-state index contributed by atoms with van der Waals surface area (Å²) in [5, 5.41) is 5.53. The van der Waals surface area contributed by atoms with E-state index in [0.29, 0.717) is 17.0 Å². The molecule has 5 nitrogen and oxygen atoms in total. The van der Waals surface area contributed by atoms with Crippen molar-refractivity contribution in [1.82, 2.24) is 5.32 Å². The molecule has 1 aromatic heterocycles. The summed E-state index contributed by atoms with van der Waals surface area (Å²) in [6.45, 7) is 2.19. The van der Waals surface area contributed by atoms with Crippen LogP contribution >= 0.6 is 0 Å². The molecule has 0 atom stereocenters. The molecule has 0 aliphatic carbocycles. The van der Waals surface area contributed by atoms with Crippen molar-refractivity contribution in [1.29, 1.82) is 0 Å². The maximum Gasteiger partial charge on any atom is 0.291 e. The van der Waals surface area contributed by atoms with E-state index in [1.165, 1.54) is 0 Å². The molecule has 0 unspecified atom stereocenters. The Morgan fingerprint density at radius 1 is 0.880 bits per heavy atom. The zero-order valence-electron chi connectivity index (χ0n) is 13.8. The molecule has 0 fully saturated rings. The predicted octanol–water partition coefficient (Wildman–Crippen LogP) is 3.77. The van der Waals surface area contributed by atoms with Gasteiger partial charge in [-0.1, -0.05) is 35.9 Å². The standard InChI is InChI=1S/C20H18N2O3/c1-14-7-9-16(10-8-14)22-20(24)18-12-11-17(25-18)13-21-19(23)15-5-3-2-4-6-15/h2-12H,13H2,1H3,(H,21,23)(H,22,24). The number of nitrogens with one attached hydrogen (secondary N) is 2. The maximum atomic E-state index is 12.2. The van der Waals surface area contributed by atoms with E-state index in [-0.39, 0.29) is 24.1 Å². The molecule has 0 bridgehead atoms. The largest absolute Gasteiger partial charge is 0.454 e. The number of furan rings is 1. The molecule has 3 rings (SSSR count). The summed E-state index contributed by atoms with van der Waals surface area (Å²) < 4.78 is 5.50. The lowest BCUT2D eigenvalue weighted by Crippen LogP contribution is -2.22. The molecule has 0 aliphatic rings. The normalized spacial score (nSPS) is 10.3. The van der Waals surface area contributed by atoms with E-state index in [0.717, 1.165) is 5.56 Å². The second-order valence-electron chi connectivity index (χ2n) is 5.63. The Hall–Kier alpha value is -3.34. The van der Waals surface area contributed by atoms with Gasteiger partial charge < -0.3 is 15.1 Å². The number of carbonyl (C=O) groups excluding carboxylic acids is 2. The number of amides is 2. The minimum Gasteiger partial charge on any atom is -0.454 e. The van der Waals surface area contributed by atoms with Crippen LogP contribution in [0.5, 0.6) is 0 Å². The van der Waals surface area contributed by atoms with Gasteiger partial charge in [-0.25, -0.2) is 0 Å². The smallest absolute Gasteiger partial charge is 0.291 e. The van der Waals surface area contributed by atoms with Gasteiger partial charge in [-0.2, -0.15) is 0 Å². The highest BCUT2D eigenvalue weighted by molar-refractivity contribution is 6.02. The van der Waals surface area contributed by atoms with Gasteiger partial charge in [-0.15, -0.1) is 0 Å². The third kappa shape index (κ3) is 4.35. The number of hydrogen-bond acceptors (Lipinski definition) is 3. The SMILES string of the molecule is Cc1ccc(NC(=O)c2ccc(CNC(=O)c3ccccc3)o2)cc1. The molecule has 2 amide bonds. The van der Waals surface area contributed by atoms with Crippen LogP contribution in [0, 0.1) is 6.92 Å². The van der Waals surface area contributed by atoms with Gasteiger partial charge in [-0.3, -0.25) is 9.59 Å². The maximum absolute atomic E-state index is 12.2. The first-order chi connectivity index (χ1) is 12.1. The van der Waals surface area contributed by atoms with Crippen molar-refractivity contribution in [3.05, 3.63) is 89.4 Å². The van der Waals surface area contributed by atoms with Gasteiger partial charge in [0.15, 0.2) is 5.76 Å². The quantitative estimate of drug-likeness (QED) is 0.746. The van der Waals surface area contributed by atoms with Crippen LogP contribution in [-0.2, 0) is 6.54 Å². The van der Waals surface area contributed by atoms with Gasteiger partial charge in [0.05, 0.1) is 6.54 Å². The molecular formula is C20H18N2O3. The monoisotopic (exact) mass is 334 g/mol. The van der Waals surface area contributed by atoms with Crippen LogP contribution < -0.4 is 10.6 Å². The third-order valence-corrected chi connectivity index (χ3v) is 3.65. The Labute approximate surface area is 145 Å². The highest BCUT2D eigenvalue weighted by Gasteiger charge is 2.12. The van der Waals surface area contributed by atoms with Crippen molar-refractivity contribution in [3.63, 3.8) is 0 Å². The highest BCUT2D eigenvalue weighted by Crippen LogP contribution is 2.13. The molecule has 0 radical (unpaired) electrons. The topological polar surface area (TPSA) is 71.3 Å². The summed E-state index contributed by atoms with van der Waals surface area (Å²) in [6, 6.07) is 19.7. The van der Waals surface area contributed by atoms with Gasteiger partial charge in [0, 0.05) is 11.3 Å². The molecule has 0 spiro atoms. The van der Waals surface area contributed by atoms with E-state index in [1.54, 1.807) is 36.4 Å². The first-order valence-corrected chi connectivity index (χ1v) is 7.92. The minimum atomic E-state index is -0.329. The minimum absolute atomic E-state index is 0.192. The van der Waals surface area contributed by atoms with Gasteiger partial charge in [0.2, 0.25) is 0 Å². The molecule has 0 saturated heterocycles. The van der Waals surface area contributed by atoms with Gasteiger partial charge >= 0.3 is 0 Å². The fourth-order valence-electron chi connectivity index (χ4n) is 2.28. The summed E-state index contributed by atoms with van der Waals surface area (Å²) in [5.74, 6) is 0.190. The number of carbonyl (C=O) groups is 2. The zero-order valence-corrected chi connectivity index (χ0v) is 13.8. The number of rotatable bonds is 5. The summed E-state index contributed by atoms with van der Waals surface area (Å²) in [4.78, 5) is 24.2. The van der Waals surface area contributed by atoms with Crippen molar-refractivity contribution in [2.45, 2.75) is 13.5 Å². The van der Waals surface area contributed by atoms with E-state index < -0.39 is 0 Å². The molecule has 1 heterocycles. The Bertz CT molecular complexity index is 867. The van der Waals surface area contributed by atoms with Crippen molar-refractivity contribution >= 4 is 17.5 Å². The molecule has 3 aromatic rings. The zero-order chi connectivity index (χ0) is 17.6. The fourth-order valence-corrected chi connectivity index (χ4v) is 2.28. The van der Waals surface area contributed by atoms with E-state index in [1.807, 2.05) is 37.3 Å². The van der Waals surface area contributed by atoms with Gasteiger partial charge in [-0.05, 0) is 43.3 Å². The third-order valence-electron chi connectivity index (χ3n) is 3.65. The Morgan fingerprint density at radius 3 is 2.32 bits per heavy atom. The van der Waals surface area contributed by atoms with Crippen molar-refractivity contribution in [3.8, 4) is 0 Å². The van der Waals surface area contributed by atoms with Crippen LogP contribution in [0.4, 0.5) is 5.69 Å². The first kappa shape index (κ1) is 16.5. The summed E-state index contributed by atoms with van der Waals surface area (Å²) in [6.07, 6.45) is 0. The average Bonchev–Trinajstić information content (AvgIpc) is 3.11. The van der Waals surface area contributed by atoms with Crippen LogP contribution in [0.2, 0.25) is 0 Å². The number of hydrogen-bond donors (Lipinski definition) is 2. The molecule has 0 saturated carbocycles. The van der Waals surface area contributed by atoms with Crippen LogP contribution in [-0.4, -0.2) is 11.8 Å². The number of aryl methyl sites for hydroxylation is 1. The van der Waals surface area contributed by atoms with Crippen LogP contribution in [0.15, 0.2) is 71.1 Å². The molecule has 0 aliphatic heterocycles. The highest BCUT2D eigenvalue weighted by atomic mass is 16.4. The van der Waals surface area contributed by atoms with Gasteiger partial charge in [0.1, 0.15) is 5.76 Å². The summed E-state index contributed by atoms with van der Waals surface area (Å²) in [5.41, 5.74) is 2.39.